The molecule has 1 amide bonds. The maximum absolute atomic E-state index is 12.1. The van der Waals surface area contributed by atoms with Crippen LogP contribution in [-0.4, -0.2) is 14.0 Å². The van der Waals surface area contributed by atoms with Gasteiger partial charge < -0.3 is 5.32 Å². The smallest absolute Gasteiger partial charge is 0.229 e. The summed E-state index contributed by atoms with van der Waals surface area (Å²) in [5, 5.41) is 3.06. The Hall–Kier alpha value is -1.09. The van der Waals surface area contributed by atoms with Crippen molar-refractivity contribution in [3.05, 3.63) is 29.8 Å². The molecule has 0 radical (unpaired) electrons. The molecule has 0 fully saturated rings. The zero-order chi connectivity index (χ0) is 14.0. The number of nitrogens with one attached hydrogen (secondary N) is 1. The molecule has 0 unspecified atom stereocenters. The van der Waals surface area contributed by atoms with Crippen molar-refractivity contribution in [3.8, 4) is 0 Å². The summed E-state index contributed by atoms with van der Waals surface area (Å²) in [4.78, 5) is 12.1. The zero-order valence-electron chi connectivity index (χ0n) is 12.4. The van der Waals surface area contributed by atoms with Gasteiger partial charge in [0.1, 0.15) is 0 Å². The lowest BCUT2D eigenvalue weighted by Crippen LogP contribution is -2.29. The molecule has 100 valence electrons. The van der Waals surface area contributed by atoms with Crippen molar-refractivity contribution < 1.29 is 4.79 Å². The molecule has 0 bridgehead atoms. The van der Waals surface area contributed by atoms with Gasteiger partial charge in [0.15, 0.2) is 0 Å². The third-order valence-electron chi connectivity index (χ3n) is 2.67. The minimum atomic E-state index is -1.18. The topological polar surface area (TPSA) is 29.1 Å². The summed E-state index contributed by atoms with van der Waals surface area (Å²) in [6.45, 7) is 12.8. The fraction of sp³-hybridized carbons (Fsp3) is 0.533. The highest BCUT2D eigenvalue weighted by Crippen LogP contribution is 2.23. The molecule has 1 N–H and O–H groups in total. The van der Waals surface area contributed by atoms with E-state index in [1.807, 2.05) is 39.0 Å². The molecule has 2 nitrogen and oxygen atoms in total. The number of hydrogen-bond acceptors (Lipinski definition) is 1. The predicted molar refractivity (Wildman–Crippen MR) is 81.6 cm³/mol. The van der Waals surface area contributed by atoms with Gasteiger partial charge >= 0.3 is 0 Å². The van der Waals surface area contributed by atoms with E-state index in [1.54, 1.807) is 0 Å². The van der Waals surface area contributed by atoms with Crippen LogP contribution >= 0.6 is 0 Å². The van der Waals surface area contributed by atoms with Gasteiger partial charge in [0.05, 0.1) is 0 Å². The molecule has 0 spiro atoms. The number of amides is 1. The van der Waals surface area contributed by atoms with E-state index in [0.717, 1.165) is 11.7 Å². The van der Waals surface area contributed by atoms with Crippen molar-refractivity contribution in [3.63, 3.8) is 0 Å². The molecule has 18 heavy (non-hydrogen) atoms. The van der Waals surface area contributed by atoms with Gasteiger partial charge in [-0.1, -0.05) is 58.6 Å². The third kappa shape index (κ3) is 4.65. The average Bonchev–Trinajstić information content (AvgIpc) is 2.17. The second-order valence-electron chi connectivity index (χ2n) is 7.10. The Balaban J connectivity index is 2.93. The highest BCUT2D eigenvalue weighted by Gasteiger charge is 2.23. The van der Waals surface area contributed by atoms with Crippen molar-refractivity contribution in [2.45, 2.75) is 46.5 Å². The van der Waals surface area contributed by atoms with Gasteiger partial charge in [0, 0.05) is 19.2 Å². The largest absolute Gasteiger partial charge is 0.325 e. The van der Waals surface area contributed by atoms with Crippen LogP contribution in [0.5, 0.6) is 0 Å². The fourth-order valence-corrected chi connectivity index (χ4v) is 3.13. The van der Waals surface area contributed by atoms with Gasteiger partial charge in [0.25, 0.3) is 0 Å². The highest BCUT2D eigenvalue weighted by molar-refractivity contribution is 6.75. The van der Waals surface area contributed by atoms with Crippen molar-refractivity contribution >= 4 is 19.7 Å². The van der Waals surface area contributed by atoms with Gasteiger partial charge in [-0.3, -0.25) is 4.79 Å². The summed E-state index contributed by atoms with van der Waals surface area (Å²) in [6, 6.07) is 9.23. The lowest BCUT2D eigenvalue weighted by Gasteiger charge is -2.22. The molecule has 0 heterocycles. The van der Waals surface area contributed by atoms with Crippen LogP contribution in [0, 0.1) is 5.41 Å². The van der Waals surface area contributed by atoms with Gasteiger partial charge in [-0.15, -0.1) is 0 Å². The molecular formula is C15H25NOSi. The summed E-state index contributed by atoms with van der Waals surface area (Å²) >= 11 is 0. The van der Waals surface area contributed by atoms with E-state index in [9.17, 15) is 4.79 Å². The lowest BCUT2D eigenvalue weighted by atomic mass is 9.95. The maximum Gasteiger partial charge on any atom is 0.229 e. The highest BCUT2D eigenvalue weighted by atomic mass is 28.3. The van der Waals surface area contributed by atoms with Crippen molar-refractivity contribution in [2.75, 3.05) is 5.32 Å². The van der Waals surface area contributed by atoms with Gasteiger partial charge in [-0.2, -0.15) is 0 Å². The van der Waals surface area contributed by atoms with Gasteiger partial charge in [-0.25, -0.2) is 0 Å². The van der Waals surface area contributed by atoms with Gasteiger partial charge in [0.2, 0.25) is 5.91 Å². The molecule has 0 aliphatic rings. The Bertz CT molecular complexity index is 427. The SMILES string of the molecule is CC(C)(C)C(=O)Nc1ccccc1C[Si](C)(C)C. The zero-order valence-corrected chi connectivity index (χ0v) is 13.4. The molecular weight excluding hydrogens is 238 g/mol. The van der Waals surface area contributed by atoms with E-state index < -0.39 is 8.07 Å². The fourth-order valence-electron chi connectivity index (χ4n) is 1.68. The van der Waals surface area contributed by atoms with Crippen LogP contribution in [0.3, 0.4) is 0 Å². The van der Waals surface area contributed by atoms with E-state index in [1.165, 1.54) is 5.56 Å². The molecule has 0 aromatic heterocycles. The molecule has 3 heteroatoms. The van der Waals surface area contributed by atoms with Crippen molar-refractivity contribution in [2.24, 2.45) is 5.41 Å². The van der Waals surface area contributed by atoms with Crippen LogP contribution in [0.25, 0.3) is 0 Å². The first-order valence-electron chi connectivity index (χ1n) is 6.49. The monoisotopic (exact) mass is 263 g/mol. The number of carbonyl (C=O) groups excluding carboxylic acids is 1. The molecule has 0 atom stereocenters. The second-order valence-corrected chi connectivity index (χ2v) is 12.6. The standard InChI is InChI=1S/C15H25NOSi/c1-15(2,3)14(17)16-13-10-8-7-9-12(13)11-18(4,5)6/h7-10H,11H2,1-6H3,(H,16,17). The van der Waals surface area contributed by atoms with Crippen LogP contribution in [0.15, 0.2) is 24.3 Å². The molecule has 0 aliphatic carbocycles. The van der Waals surface area contributed by atoms with Crippen LogP contribution in [0.4, 0.5) is 5.69 Å². The summed E-state index contributed by atoms with van der Waals surface area (Å²) in [5.41, 5.74) is 1.88. The molecule has 0 saturated heterocycles. The van der Waals surface area contributed by atoms with Crippen molar-refractivity contribution in [1.82, 2.24) is 0 Å². The minimum Gasteiger partial charge on any atom is -0.325 e. The summed E-state index contributed by atoms with van der Waals surface area (Å²) < 4.78 is 0. The van der Waals surface area contributed by atoms with E-state index in [4.69, 9.17) is 0 Å². The van der Waals surface area contributed by atoms with Crippen LogP contribution < -0.4 is 5.32 Å². The average molecular weight is 263 g/mol. The molecule has 0 saturated carbocycles. The summed E-state index contributed by atoms with van der Waals surface area (Å²) in [6.07, 6.45) is 0. The Kier molecular flexibility index (Phi) is 4.38. The molecule has 1 aromatic rings. The number of rotatable bonds is 3. The third-order valence-corrected chi connectivity index (χ3v) is 4.11. The minimum absolute atomic E-state index is 0.0746. The van der Waals surface area contributed by atoms with E-state index in [2.05, 4.69) is 31.0 Å². The Morgan fingerprint density at radius 1 is 1.17 bits per heavy atom. The number of anilines is 1. The quantitative estimate of drug-likeness (QED) is 0.818. The van der Waals surface area contributed by atoms with Crippen LogP contribution in [0.2, 0.25) is 19.6 Å². The normalized spacial score (nSPS) is 12.3. The maximum atomic E-state index is 12.1. The Labute approximate surface area is 112 Å². The van der Waals surface area contributed by atoms with Gasteiger partial charge in [-0.05, 0) is 17.7 Å². The van der Waals surface area contributed by atoms with E-state index in [0.29, 0.717) is 0 Å². The number of hydrogen-bond donors (Lipinski definition) is 1. The Morgan fingerprint density at radius 3 is 2.22 bits per heavy atom. The lowest BCUT2D eigenvalue weighted by molar-refractivity contribution is -0.123. The molecule has 0 aliphatic heterocycles. The van der Waals surface area contributed by atoms with Crippen LogP contribution in [0.1, 0.15) is 26.3 Å². The van der Waals surface area contributed by atoms with Crippen molar-refractivity contribution in [1.29, 1.82) is 0 Å². The summed E-state index contributed by atoms with van der Waals surface area (Å²) in [7, 11) is -1.18. The number of benzene rings is 1. The number of carbonyl (C=O) groups is 1. The van der Waals surface area contributed by atoms with E-state index in [-0.39, 0.29) is 11.3 Å². The first-order valence-corrected chi connectivity index (χ1v) is 10.2. The molecule has 1 rings (SSSR count). The first-order chi connectivity index (χ1) is 8.09. The summed E-state index contributed by atoms with van der Waals surface area (Å²) in [5.74, 6) is 0.0746. The van der Waals surface area contributed by atoms with Crippen LogP contribution in [-0.2, 0) is 10.8 Å². The number of para-hydroxylation sites is 1. The predicted octanol–water partition coefficient (Wildman–Crippen LogP) is 4.09. The molecule has 1 aromatic carbocycles. The second kappa shape index (κ2) is 5.27. The Morgan fingerprint density at radius 2 is 1.72 bits per heavy atom. The van der Waals surface area contributed by atoms with E-state index >= 15 is 0 Å². The first kappa shape index (κ1) is 15.0.